The third-order valence-corrected chi connectivity index (χ3v) is 8.45. The third-order valence-electron chi connectivity index (χ3n) is 8.45. The fourth-order valence-electron chi connectivity index (χ4n) is 6.34. The molecule has 0 fully saturated rings. The molecule has 0 atom stereocenters. The van der Waals surface area contributed by atoms with Crippen molar-refractivity contribution in [3.8, 4) is 33.4 Å². The summed E-state index contributed by atoms with van der Waals surface area (Å²) in [6, 6.07) is 61.1. The van der Waals surface area contributed by atoms with E-state index in [0.717, 1.165) is 11.4 Å². The molecule has 0 saturated carbocycles. The van der Waals surface area contributed by atoms with Crippen LogP contribution >= 0.6 is 0 Å². The van der Waals surface area contributed by atoms with E-state index in [9.17, 15) is 0 Å². The van der Waals surface area contributed by atoms with E-state index in [1.165, 1.54) is 65.7 Å². The first kappa shape index (κ1) is 25.1. The lowest BCUT2D eigenvalue weighted by atomic mass is 9.91. The van der Waals surface area contributed by atoms with Gasteiger partial charge in [0.15, 0.2) is 0 Å². The van der Waals surface area contributed by atoms with E-state index >= 15 is 0 Å². The van der Waals surface area contributed by atoms with E-state index in [1.54, 1.807) is 0 Å². The lowest BCUT2D eigenvalue weighted by Crippen LogP contribution is -1.95. The van der Waals surface area contributed by atoms with Gasteiger partial charge in [-0.25, -0.2) is 0 Å². The summed E-state index contributed by atoms with van der Waals surface area (Å²) in [7, 11) is 0. The molecule has 1 nitrogen and oxygen atoms in total. The molecule has 202 valence electrons. The number of rotatable bonds is 5. The number of hydrogen-bond acceptors (Lipinski definition) is 1. The van der Waals surface area contributed by atoms with Crippen molar-refractivity contribution in [2.45, 2.75) is 0 Å². The molecule has 0 spiro atoms. The van der Waals surface area contributed by atoms with Crippen molar-refractivity contribution in [3.05, 3.63) is 170 Å². The van der Waals surface area contributed by atoms with Crippen LogP contribution < -0.4 is 5.32 Å². The van der Waals surface area contributed by atoms with E-state index in [-0.39, 0.29) is 0 Å². The number of benzene rings is 8. The van der Waals surface area contributed by atoms with E-state index in [4.69, 9.17) is 0 Å². The summed E-state index contributed by atoms with van der Waals surface area (Å²) in [5, 5.41) is 11.4. The Morgan fingerprint density at radius 1 is 0.302 bits per heavy atom. The summed E-state index contributed by atoms with van der Waals surface area (Å²) in [6.07, 6.45) is 0. The molecule has 8 aromatic carbocycles. The predicted molar refractivity (Wildman–Crippen MR) is 185 cm³/mol. The Labute approximate surface area is 251 Å². The average molecular weight is 548 g/mol. The van der Waals surface area contributed by atoms with Gasteiger partial charge in [0.25, 0.3) is 0 Å². The minimum Gasteiger partial charge on any atom is -0.355 e. The highest BCUT2D eigenvalue weighted by molar-refractivity contribution is 6.14. The first-order valence-corrected chi connectivity index (χ1v) is 14.8. The van der Waals surface area contributed by atoms with Gasteiger partial charge in [-0.3, -0.25) is 0 Å². The summed E-state index contributed by atoms with van der Waals surface area (Å²) >= 11 is 0. The topological polar surface area (TPSA) is 12.0 Å². The summed E-state index contributed by atoms with van der Waals surface area (Å²) in [4.78, 5) is 0. The van der Waals surface area contributed by atoms with Crippen LogP contribution in [0, 0.1) is 0 Å². The van der Waals surface area contributed by atoms with Crippen molar-refractivity contribution in [3.63, 3.8) is 0 Å². The number of fused-ring (bicyclic) bond motifs is 4. The van der Waals surface area contributed by atoms with Crippen LogP contribution in [0.2, 0.25) is 0 Å². The second-order valence-corrected chi connectivity index (χ2v) is 11.0. The molecule has 0 aliphatic carbocycles. The van der Waals surface area contributed by atoms with Crippen LogP contribution in [0.5, 0.6) is 0 Å². The molecule has 0 aliphatic heterocycles. The highest BCUT2D eigenvalue weighted by Gasteiger charge is 2.13. The van der Waals surface area contributed by atoms with E-state index in [2.05, 4.69) is 175 Å². The Morgan fingerprint density at radius 2 is 0.907 bits per heavy atom. The van der Waals surface area contributed by atoms with Gasteiger partial charge in [-0.1, -0.05) is 146 Å². The molecule has 8 rings (SSSR count). The molecule has 1 heteroatoms. The summed E-state index contributed by atoms with van der Waals surface area (Å²) in [6.45, 7) is 0. The van der Waals surface area contributed by atoms with Crippen molar-refractivity contribution in [2.24, 2.45) is 0 Å². The Bertz CT molecular complexity index is 2240. The zero-order valence-corrected chi connectivity index (χ0v) is 23.7. The molecule has 0 bridgehead atoms. The third kappa shape index (κ3) is 4.62. The van der Waals surface area contributed by atoms with Crippen molar-refractivity contribution in [1.82, 2.24) is 0 Å². The first-order valence-electron chi connectivity index (χ1n) is 14.8. The quantitative estimate of drug-likeness (QED) is 0.211. The van der Waals surface area contributed by atoms with E-state index in [0.29, 0.717) is 0 Å². The van der Waals surface area contributed by atoms with Gasteiger partial charge in [0.2, 0.25) is 0 Å². The van der Waals surface area contributed by atoms with Crippen molar-refractivity contribution in [1.29, 1.82) is 0 Å². The number of anilines is 2. The second-order valence-electron chi connectivity index (χ2n) is 11.0. The van der Waals surface area contributed by atoms with Gasteiger partial charge < -0.3 is 5.32 Å². The Morgan fingerprint density at radius 3 is 1.72 bits per heavy atom. The molecule has 0 heterocycles. The molecule has 1 N–H and O–H groups in total. The first-order chi connectivity index (χ1) is 21.3. The monoisotopic (exact) mass is 547 g/mol. The Balaban J connectivity index is 1.23. The van der Waals surface area contributed by atoms with Gasteiger partial charge in [-0.05, 0) is 84.4 Å². The van der Waals surface area contributed by atoms with Crippen LogP contribution in [-0.2, 0) is 0 Å². The zero-order chi connectivity index (χ0) is 28.6. The molecule has 0 amide bonds. The SMILES string of the molecule is c1ccc(-c2ccc(-c3cc4ccccc4c4ccccc34)cc2Nc2ccc(-c3cccc4ccccc34)cc2)cc1. The average Bonchev–Trinajstić information content (AvgIpc) is 3.08. The van der Waals surface area contributed by atoms with E-state index < -0.39 is 0 Å². The lowest BCUT2D eigenvalue weighted by molar-refractivity contribution is 1.53. The van der Waals surface area contributed by atoms with Gasteiger partial charge in [0.1, 0.15) is 0 Å². The standard InChI is InChI=1S/C42H29N/c1-2-11-30(12-3-1)38-26-23-33(41-27-32-14-5-7-17-37(32)39-18-8-9-19-40(39)41)28-42(38)43-34-24-21-31(22-25-34)36-20-10-15-29-13-4-6-16-35(29)36/h1-28,43H. The van der Waals surface area contributed by atoms with Crippen LogP contribution in [0.15, 0.2) is 170 Å². The van der Waals surface area contributed by atoms with Gasteiger partial charge in [0, 0.05) is 16.9 Å². The van der Waals surface area contributed by atoms with Crippen LogP contribution in [-0.4, -0.2) is 0 Å². The highest BCUT2D eigenvalue weighted by Crippen LogP contribution is 2.39. The predicted octanol–water partition coefficient (Wildman–Crippen LogP) is 11.9. The van der Waals surface area contributed by atoms with Gasteiger partial charge in [-0.15, -0.1) is 0 Å². The van der Waals surface area contributed by atoms with Crippen LogP contribution in [0.3, 0.4) is 0 Å². The maximum absolute atomic E-state index is 3.78. The Kier molecular flexibility index (Phi) is 6.20. The molecule has 8 aromatic rings. The number of nitrogens with one attached hydrogen (secondary N) is 1. The zero-order valence-electron chi connectivity index (χ0n) is 23.7. The highest BCUT2D eigenvalue weighted by atomic mass is 14.9. The summed E-state index contributed by atoms with van der Waals surface area (Å²) in [5.41, 5.74) is 9.39. The molecule has 0 aliphatic rings. The molecule has 43 heavy (non-hydrogen) atoms. The Hall–Kier alpha value is -5.66. The minimum absolute atomic E-state index is 1.06. The molecule has 0 aromatic heterocycles. The van der Waals surface area contributed by atoms with E-state index in [1.807, 2.05) is 0 Å². The minimum atomic E-state index is 1.06. The van der Waals surface area contributed by atoms with Gasteiger partial charge >= 0.3 is 0 Å². The number of hydrogen-bond donors (Lipinski definition) is 1. The fraction of sp³-hybridized carbons (Fsp3) is 0. The van der Waals surface area contributed by atoms with Crippen molar-refractivity contribution >= 4 is 43.7 Å². The smallest absolute Gasteiger partial charge is 0.0470 e. The van der Waals surface area contributed by atoms with Crippen LogP contribution in [0.25, 0.3) is 65.7 Å². The molecular formula is C42H29N. The van der Waals surface area contributed by atoms with Crippen LogP contribution in [0.4, 0.5) is 11.4 Å². The second kappa shape index (κ2) is 10.6. The summed E-state index contributed by atoms with van der Waals surface area (Å²) in [5.74, 6) is 0. The maximum Gasteiger partial charge on any atom is 0.0470 e. The largest absolute Gasteiger partial charge is 0.355 e. The normalized spacial score (nSPS) is 11.3. The molecule has 0 unspecified atom stereocenters. The molecule has 0 saturated heterocycles. The fourth-order valence-corrected chi connectivity index (χ4v) is 6.34. The lowest BCUT2D eigenvalue weighted by Gasteiger charge is -2.17. The molecule has 0 radical (unpaired) electrons. The van der Waals surface area contributed by atoms with Gasteiger partial charge in [0.05, 0.1) is 0 Å². The van der Waals surface area contributed by atoms with Crippen molar-refractivity contribution in [2.75, 3.05) is 5.32 Å². The van der Waals surface area contributed by atoms with Crippen LogP contribution in [0.1, 0.15) is 0 Å². The summed E-state index contributed by atoms with van der Waals surface area (Å²) < 4.78 is 0. The van der Waals surface area contributed by atoms with Crippen molar-refractivity contribution < 1.29 is 0 Å². The molecular weight excluding hydrogens is 518 g/mol. The van der Waals surface area contributed by atoms with Gasteiger partial charge in [-0.2, -0.15) is 0 Å². The maximum atomic E-state index is 3.78.